The fraction of sp³-hybridized carbons (Fsp3) is 0.106. The number of nitrogens with one attached hydrogen (secondary N) is 1. The van der Waals surface area contributed by atoms with Crippen LogP contribution >= 0.6 is 0 Å². The molecule has 5 rings (SSSR count). The van der Waals surface area contributed by atoms with Crippen molar-refractivity contribution >= 4 is 39.8 Å². The summed E-state index contributed by atoms with van der Waals surface area (Å²) in [6, 6.07) is 34.0. The van der Waals surface area contributed by atoms with E-state index in [1.165, 1.54) is 27.5 Å². The van der Waals surface area contributed by atoms with Gasteiger partial charge in [0.2, 0.25) is 0 Å². The van der Waals surface area contributed by atoms with Gasteiger partial charge in [-0.25, -0.2) is 0 Å². The zero-order valence-electron chi connectivity index (χ0n) is 29.6. The number of benzene rings is 4. The molecular formula is C47H48N2. The third kappa shape index (κ3) is 8.74. The molecule has 0 radical (unpaired) electrons. The van der Waals surface area contributed by atoms with Crippen LogP contribution in [0.3, 0.4) is 0 Å². The molecule has 0 fully saturated rings. The molecule has 0 bridgehead atoms. The summed E-state index contributed by atoms with van der Waals surface area (Å²) in [6.07, 6.45) is 20.5. The summed E-state index contributed by atoms with van der Waals surface area (Å²) in [5.41, 5.74) is 12.4. The standard InChI is InChI=1S/C42H40N2.C5H8/c1-7-17-36(40-25-16-19-34-18-13-14-24-39(34)40)26-32(8-2)27-41-30(4)31(5)42(44(41)38-22-11-10-12-23-38)29-33(9-3)35-20-15-21-37(28-35)43-6;1-3-5-4-2/h7-29,43H,2-3H2,1,4-6H3;3-5H,1H2,2H3/b17-7-,32-27+,33-29+,36-26+;5-4-. The van der Waals surface area contributed by atoms with Crippen LogP contribution < -0.4 is 5.32 Å². The van der Waals surface area contributed by atoms with Gasteiger partial charge < -0.3 is 9.88 Å². The maximum absolute atomic E-state index is 4.23. The highest BCUT2D eigenvalue weighted by molar-refractivity contribution is 5.97. The Balaban J connectivity index is 0.00000101. The highest BCUT2D eigenvalue weighted by Crippen LogP contribution is 2.33. The Morgan fingerprint density at radius 1 is 0.694 bits per heavy atom. The molecule has 1 N–H and O–H groups in total. The van der Waals surface area contributed by atoms with E-state index in [9.17, 15) is 0 Å². The van der Waals surface area contributed by atoms with Crippen LogP contribution in [-0.4, -0.2) is 11.6 Å². The molecule has 0 unspecified atom stereocenters. The number of allylic oxidation sites excluding steroid dienone is 11. The lowest BCUT2D eigenvalue weighted by Gasteiger charge is -2.13. The van der Waals surface area contributed by atoms with Crippen molar-refractivity contribution < 1.29 is 0 Å². The summed E-state index contributed by atoms with van der Waals surface area (Å²) in [5.74, 6) is 0. The first-order valence-corrected chi connectivity index (χ1v) is 16.7. The average molecular weight is 641 g/mol. The molecule has 2 heteroatoms. The van der Waals surface area contributed by atoms with E-state index >= 15 is 0 Å². The number of anilines is 1. The van der Waals surface area contributed by atoms with Crippen LogP contribution in [0.5, 0.6) is 0 Å². The first kappa shape index (κ1) is 36.0. The Hall–Kier alpha value is -5.86. The third-order valence-corrected chi connectivity index (χ3v) is 8.46. The lowest BCUT2D eigenvalue weighted by molar-refractivity contribution is 1.04. The highest BCUT2D eigenvalue weighted by atomic mass is 15.0. The molecule has 0 amide bonds. The van der Waals surface area contributed by atoms with Crippen LogP contribution in [0.2, 0.25) is 0 Å². The van der Waals surface area contributed by atoms with E-state index in [0.717, 1.165) is 45.0 Å². The largest absolute Gasteiger partial charge is 0.388 e. The maximum Gasteiger partial charge on any atom is 0.0500 e. The summed E-state index contributed by atoms with van der Waals surface area (Å²) < 4.78 is 2.35. The van der Waals surface area contributed by atoms with Gasteiger partial charge in [0.1, 0.15) is 0 Å². The zero-order valence-corrected chi connectivity index (χ0v) is 29.6. The average Bonchev–Trinajstić information content (AvgIpc) is 3.37. The molecular weight excluding hydrogens is 593 g/mol. The minimum absolute atomic E-state index is 1.03. The van der Waals surface area contributed by atoms with Crippen LogP contribution in [0, 0.1) is 13.8 Å². The second kappa shape index (κ2) is 17.9. The van der Waals surface area contributed by atoms with Crippen molar-refractivity contribution in [2.24, 2.45) is 0 Å². The van der Waals surface area contributed by atoms with E-state index in [2.05, 4.69) is 178 Å². The Morgan fingerprint density at radius 3 is 2.00 bits per heavy atom. The van der Waals surface area contributed by atoms with Gasteiger partial charge in [0.25, 0.3) is 0 Å². The summed E-state index contributed by atoms with van der Waals surface area (Å²) in [4.78, 5) is 0. The lowest BCUT2D eigenvalue weighted by Crippen LogP contribution is -2.00. The van der Waals surface area contributed by atoms with Crippen molar-refractivity contribution in [3.63, 3.8) is 0 Å². The number of hydrogen-bond donors (Lipinski definition) is 1. The molecule has 0 aliphatic carbocycles. The third-order valence-electron chi connectivity index (χ3n) is 8.46. The monoisotopic (exact) mass is 640 g/mol. The number of hydrogen-bond acceptors (Lipinski definition) is 1. The molecule has 1 heterocycles. The Labute approximate surface area is 293 Å². The molecule has 4 aromatic carbocycles. The second-order valence-electron chi connectivity index (χ2n) is 11.6. The highest BCUT2D eigenvalue weighted by Gasteiger charge is 2.17. The molecule has 1 aromatic heterocycles. The van der Waals surface area contributed by atoms with E-state index in [1.807, 2.05) is 38.3 Å². The minimum Gasteiger partial charge on any atom is -0.388 e. The van der Waals surface area contributed by atoms with E-state index in [0.29, 0.717) is 0 Å². The van der Waals surface area contributed by atoms with Crippen molar-refractivity contribution in [1.82, 2.24) is 4.57 Å². The predicted molar refractivity (Wildman–Crippen MR) is 219 cm³/mol. The van der Waals surface area contributed by atoms with E-state index < -0.39 is 0 Å². The van der Waals surface area contributed by atoms with Crippen LogP contribution in [0.15, 0.2) is 171 Å². The SMILES string of the molecule is C=C/C=C\C.C=CC(=C\c1c(C)c(C)c(/C=C(\C=C)c2cccc(NC)c2)n1-c1ccccc1)/C=C(\C=C/C)c1cccc2ccccc12. The molecule has 0 saturated heterocycles. The molecule has 0 saturated carbocycles. The van der Waals surface area contributed by atoms with Gasteiger partial charge in [0, 0.05) is 29.8 Å². The fourth-order valence-electron chi connectivity index (χ4n) is 5.82. The molecule has 49 heavy (non-hydrogen) atoms. The number of fused-ring (bicyclic) bond motifs is 1. The zero-order chi connectivity index (χ0) is 35.2. The molecule has 0 atom stereocenters. The quantitative estimate of drug-likeness (QED) is 0.142. The number of aromatic nitrogens is 1. The van der Waals surface area contributed by atoms with Gasteiger partial charge in [-0.1, -0.05) is 135 Å². The molecule has 2 nitrogen and oxygen atoms in total. The first-order valence-electron chi connectivity index (χ1n) is 16.7. The molecule has 5 aromatic rings. The fourth-order valence-corrected chi connectivity index (χ4v) is 5.82. The number of para-hydroxylation sites is 1. The number of rotatable bonds is 11. The summed E-state index contributed by atoms with van der Waals surface area (Å²) in [5, 5.41) is 5.71. The molecule has 0 aliphatic heterocycles. The number of nitrogens with zero attached hydrogens (tertiary/aromatic N) is 1. The van der Waals surface area contributed by atoms with Gasteiger partial charge in [-0.3, -0.25) is 0 Å². The topological polar surface area (TPSA) is 17.0 Å². The molecule has 0 aliphatic rings. The first-order chi connectivity index (χ1) is 23.9. The Bertz CT molecular complexity index is 2070. The second-order valence-corrected chi connectivity index (χ2v) is 11.6. The smallest absolute Gasteiger partial charge is 0.0500 e. The van der Waals surface area contributed by atoms with Crippen LogP contribution in [0.25, 0.3) is 39.8 Å². The summed E-state index contributed by atoms with van der Waals surface area (Å²) in [7, 11) is 1.94. The van der Waals surface area contributed by atoms with Crippen LogP contribution in [0.1, 0.15) is 47.5 Å². The van der Waals surface area contributed by atoms with Crippen LogP contribution in [0.4, 0.5) is 5.69 Å². The van der Waals surface area contributed by atoms with Gasteiger partial charge in [-0.05, 0) is 120 Å². The van der Waals surface area contributed by atoms with Gasteiger partial charge >= 0.3 is 0 Å². The van der Waals surface area contributed by atoms with Gasteiger partial charge in [0.05, 0.1) is 0 Å². The van der Waals surface area contributed by atoms with Crippen molar-refractivity contribution in [2.45, 2.75) is 27.7 Å². The minimum atomic E-state index is 1.03. The summed E-state index contributed by atoms with van der Waals surface area (Å²) in [6.45, 7) is 20.3. The van der Waals surface area contributed by atoms with Gasteiger partial charge in [-0.2, -0.15) is 0 Å². The van der Waals surface area contributed by atoms with E-state index in [-0.39, 0.29) is 0 Å². The van der Waals surface area contributed by atoms with Crippen molar-refractivity contribution in [1.29, 1.82) is 0 Å². The Morgan fingerprint density at radius 2 is 1.37 bits per heavy atom. The van der Waals surface area contributed by atoms with E-state index in [1.54, 1.807) is 6.08 Å². The van der Waals surface area contributed by atoms with Gasteiger partial charge in [-0.15, -0.1) is 0 Å². The lowest BCUT2D eigenvalue weighted by atomic mass is 9.96. The van der Waals surface area contributed by atoms with Crippen LogP contribution in [-0.2, 0) is 0 Å². The normalized spacial score (nSPS) is 12.2. The summed E-state index contributed by atoms with van der Waals surface area (Å²) >= 11 is 0. The molecule has 246 valence electrons. The van der Waals surface area contributed by atoms with Gasteiger partial charge in [0.15, 0.2) is 0 Å². The maximum atomic E-state index is 4.23. The van der Waals surface area contributed by atoms with Crippen molar-refractivity contribution in [2.75, 3.05) is 12.4 Å². The predicted octanol–water partition coefficient (Wildman–Crippen LogP) is 13.0. The molecule has 0 spiro atoms. The van der Waals surface area contributed by atoms with E-state index in [4.69, 9.17) is 0 Å². The van der Waals surface area contributed by atoms with Crippen molar-refractivity contribution in [3.05, 3.63) is 205 Å². The van der Waals surface area contributed by atoms with Crippen molar-refractivity contribution in [3.8, 4) is 5.69 Å². The Kier molecular flexibility index (Phi) is 13.1.